The van der Waals surface area contributed by atoms with E-state index in [0.29, 0.717) is 5.75 Å². The van der Waals surface area contributed by atoms with Gasteiger partial charge in [0.25, 0.3) is 0 Å². The third kappa shape index (κ3) is 6.04. The summed E-state index contributed by atoms with van der Waals surface area (Å²) in [6.07, 6.45) is 0. The predicted molar refractivity (Wildman–Crippen MR) is 44.0 cm³/mol. The fraction of sp³-hybridized carbons (Fsp3) is 0.500. The zero-order valence-electron chi connectivity index (χ0n) is 4.37. The minimum absolute atomic E-state index is 0.0761. The van der Waals surface area contributed by atoms with E-state index in [1.165, 1.54) is 0 Å². The Morgan fingerprint density at radius 2 is 2.11 bits per heavy atom. The van der Waals surface area contributed by atoms with E-state index in [0.717, 1.165) is 23.5 Å². The number of thiocyanates is 2. The van der Waals surface area contributed by atoms with Crippen LogP contribution < -0.4 is 0 Å². The Morgan fingerprint density at radius 1 is 1.44 bits per heavy atom. The summed E-state index contributed by atoms with van der Waals surface area (Å²) in [4.78, 5) is 0. The Labute approximate surface area is 70.7 Å². The second-order valence-corrected chi connectivity index (χ2v) is 4.52. The van der Waals surface area contributed by atoms with Crippen molar-refractivity contribution in [1.82, 2.24) is 0 Å². The molecule has 0 N–H and O–H groups in total. The summed E-state index contributed by atoms with van der Waals surface area (Å²) >= 11 is 5.47. The van der Waals surface area contributed by atoms with Gasteiger partial charge in [0.05, 0.1) is 4.16 Å². The van der Waals surface area contributed by atoms with Crippen LogP contribution in [0.15, 0.2) is 0 Å². The quantitative estimate of drug-likeness (QED) is 0.543. The molecule has 2 nitrogen and oxygen atoms in total. The zero-order chi connectivity index (χ0) is 7.11. The molecule has 0 saturated heterocycles. The average Bonchev–Trinajstić information content (AvgIpc) is 1.85. The van der Waals surface area contributed by atoms with Gasteiger partial charge in [0.1, 0.15) is 10.8 Å². The van der Waals surface area contributed by atoms with Crippen molar-refractivity contribution in [3.63, 3.8) is 0 Å². The lowest BCUT2D eigenvalue weighted by Gasteiger charge is -1.95. The van der Waals surface area contributed by atoms with Crippen molar-refractivity contribution < 1.29 is 0 Å². The summed E-state index contributed by atoms with van der Waals surface area (Å²) < 4.78 is 0.0761. The van der Waals surface area contributed by atoms with Crippen molar-refractivity contribution in [2.75, 3.05) is 5.75 Å². The summed E-state index contributed by atoms with van der Waals surface area (Å²) in [5, 5.41) is 20.1. The lowest BCUT2D eigenvalue weighted by molar-refractivity contribution is 1.48. The number of hydrogen-bond acceptors (Lipinski definition) is 4. The summed E-state index contributed by atoms with van der Waals surface area (Å²) in [6, 6.07) is 0. The second-order valence-electron chi connectivity index (χ2n) is 1.02. The highest BCUT2D eigenvalue weighted by atomic mass is 79.9. The van der Waals surface area contributed by atoms with Crippen LogP contribution in [0.25, 0.3) is 0 Å². The van der Waals surface area contributed by atoms with E-state index in [9.17, 15) is 0 Å². The van der Waals surface area contributed by atoms with Gasteiger partial charge < -0.3 is 0 Å². The van der Waals surface area contributed by atoms with Gasteiger partial charge in [0.2, 0.25) is 0 Å². The number of nitrogens with zero attached hydrogens (tertiary/aromatic N) is 2. The van der Waals surface area contributed by atoms with Crippen molar-refractivity contribution >= 4 is 39.5 Å². The van der Waals surface area contributed by atoms with E-state index in [-0.39, 0.29) is 4.16 Å². The molecule has 0 aliphatic rings. The van der Waals surface area contributed by atoms with Crippen LogP contribution in [0.5, 0.6) is 0 Å². The van der Waals surface area contributed by atoms with E-state index in [1.807, 2.05) is 10.8 Å². The van der Waals surface area contributed by atoms with Crippen LogP contribution in [0.2, 0.25) is 0 Å². The van der Waals surface area contributed by atoms with E-state index in [1.54, 1.807) is 0 Å². The minimum atomic E-state index is 0.0761. The lowest BCUT2D eigenvalue weighted by atomic mass is 11.0. The molecular weight excluding hydrogens is 220 g/mol. The number of alkyl halides is 1. The van der Waals surface area contributed by atoms with Crippen LogP contribution in [-0.4, -0.2) is 9.91 Å². The molecule has 0 heterocycles. The number of nitriles is 2. The van der Waals surface area contributed by atoms with Crippen LogP contribution in [0.4, 0.5) is 0 Å². The van der Waals surface area contributed by atoms with Gasteiger partial charge >= 0.3 is 0 Å². The molecule has 1 atom stereocenters. The summed E-state index contributed by atoms with van der Waals surface area (Å²) in [5.41, 5.74) is 0. The maximum atomic E-state index is 8.13. The molecule has 0 bridgehead atoms. The molecule has 48 valence electrons. The van der Waals surface area contributed by atoms with Gasteiger partial charge in [-0.05, 0) is 23.5 Å². The summed E-state index contributed by atoms with van der Waals surface area (Å²) in [6.45, 7) is 0. The van der Waals surface area contributed by atoms with Gasteiger partial charge in [0.15, 0.2) is 0 Å². The van der Waals surface area contributed by atoms with Gasteiger partial charge in [-0.1, -0.05) is 15.9 Å². The zero-order valence-corrected chi connectivity index (χ0v) is 7.59. The molecule has 0 aliphatic carbocycles. The normalized spacial score (nSPS) is 11.4. The molecule has 0 aliphatic heterocycles. The smallest absolute Gasteiger partial charge is 0.134 e. The standard InChI is InChI=1S/C4H3BrN2S2/c5-4(9-3-7)1-8-2-6/h4H,1H2. The molecule has 0 amide bonds. The highest BCUT2D eigenvalue weighted by molar-refractivity contribution is 9.11. The Morgan fingerprint density at radius 3 is 2.56 bits per heavy atom. The Bertz CT molecular complexity index is 148. The van der Waals surface area contributed by atoms with E-state index in [2.05, 4.69) is 15.9 Å². The molecule has 0 aromatic carbocycles. The molecule has 0 spiro atoms. The molecule has 0 fully saturated rings. The van der Waals surface area contributed by atoms with Gasteiger partial charge in [-0.15, -0.1) is 0 Å². The highest BCUT2D eigenvalue weighted by Gasteiger charge is 2.02. The third-order valence-corrected chi connectivity index (χ3v) is 3.14. The van der Waals surface area contributed by atoms with Crippen molar-refractivity contribution in [2.45, 2.75) is 4.16 Å². The lowest BCUT2D eigenvalue weighted by Crippen LogP contribution is -1.91. The van der Waals surface area contributed by atoms with Gasteiger partial charge in [0, 0.05) is 5.75 Å². The molecule has 5 heteroatoms. The first-order valence-electron chi connectivity index (χ1n) is 2.01. The summed E-state index contributed by atoms with van der Waals surface area (Å²) in [5.74, 6) is 0.648. The first-order valence-corrected chi connectivity index (χ1v) is 4.79. The van der Waals surface area contributed by atoms with Crippen molar-refractivity contribution in [3.05, 3.63) is 0 Å². The van der Waals surface area contributed by atoms with Crippen LogP contribution in [0.3, 0.4) is 0 Å². The largest absolute Gasteiger partial charge is 0.185 e. The van der Waals surface area contributed by atoms with Crippen LogP contribution in [0, 0.1) is 21.3 Å². The number of rotatable bonds is 3. The first kappa shape index (κ1) is 9.16. The number of halogens is 1. The summed E-state index contributed by atoms with van der Waals surface area (Å²) in [7, 11) is 0. The molecular formula is C4H3BrN2S2. The number of hydrogen-bond donors (Lipinski definition) is 0. The van der Waals surface area contributed by atoms with E-state index < -0.39 is 0 Å². The van der Waals surface area contributed by atoms with Crippen molar-refractivity contribution in [2.24, 2.45) is 0 Å². The third-order valence-electron chi connectivity index (χ3n) is 0.460. The molecule has 0 aromatic heterocycles. The minimum Gasteiger partial charge on any atom is -0.185 e. The van der Waals surface area contributed by atoms with Gasteiger partial charge in [-0.2, -0.15) is 10.5 Å². The first-order chi connectivity index (χ1) is 4.31. The van der Waals surface area contributed by atoms with E-state index >= 15 is 0 Å². The highest BCUT2D eigenvalue weighted by Crippen LogP contribution is 2.19. The maximum Gasteiger partial charge on any atom is 0.134 e. The Balaban J connectivity index is 3.21. The molecule has 1 unspecified atom stereocenters. The monoisotopic (exact) mass is 222 g/mol. The molecule has 0 rings (SSSR count). The Hall–Kier alpha value is 0.160. The van der Waals surface area contributed by atoms with Gasteiger partial charge in [-0.25, -0.2) is 0 Å². The SMILES string of the molecule is N#CSCC(Br)SC#N. The van der Waals surface area contributed by atoms with E-state index in [4.69, 9.17) is 10.5 Å². The molecule has 0 saturated carbocycles. The fourth-order valence-electron chi connectivity index (χ4n) is 0.194. The topological polar surface area (TPSA) is 47.6 Å². The van der Waals surface area contributed by atoms with Crippen molar-refractivity contribution in [3.8, 4) is 10.8 Å². The number of thioether (sulfide) groups is 2. The molecule has 9 heavy (non-hydrogen) atoms. The molecule has 0 aromatic rings. The second kappa shape index (κ2) is 6.28. The van der Waals surface area contributed by atoms with Crippen LogP contribution in [-0.2, 0) is 0 Å². The maximum absolute atomic E-state index is 8.13. The van der Waals surface area contributed by atoms with Crippen molar-refractivity contribution in [1.29, 1.82) is 10.5 Å². The average molecular weight is 223 g/mol. The Kier molecular flexibility index (Phi) is 6.39. The predicted octanol–water partition coefficient (Wildman–Crippen LogP) is 2.14. The fourth-order valence-corrected chi connectivity index (χ4v) is 1.64. The van der Waals surface area contributed by atoms with Crippen LogP contribution >= 0.6 is 39.5 Å². The van der Waals surface area contributed by atoms with Crippen LogP contribution in [0.1, 0.15) is 0 Å². The molecule has 0 radical (unpaired) electrons. The van der Waals surface area contributed by atoms with Gasteiger partial charge in [-0.3, -0.25) is 0 Å².